The zero-order chi connectivity index (χ0) is 11.8. The summed E-state index contributed by atoms with van der Waals surface area (Å²) in [5.74, 6) is 0.102. The third-order valence-electron chi connectivity index (χ3n) is 2.42. The van der Waals surface area contributed by atoms with E-state index in [0.29, 0.717) is 6.42 Å². The number of hydrogen-bond acceptors (Lipinski definition) is 2. The monoisotopic (exact) mass is 220 g/mol. The van der Waals surface area contributed by atoms with Crippen LogP contribution in [0.2, 0.25) is 0 Å². The lowest BCUT2D eigenvalue weighted by Gasteiger charge is -2.10. The van der Waals surface area contributed by atoms with Gasteiger partial charge < -0.3 is 10.6 Å². The molecule has 0 aliphatic heterocycles. The highest BCUT2D eigenvalue weighted by Crippen LogP contribution is 2.15. The Kier molecular flexibility index (Phi) is 5.57. The van der Waals surface area contributed by atoms with Crippen LogP contribution in [-0.2, 0) is 11.3 Å². The fourth-order valence-electron chi connectivity index (χ4n) is 1.54. The fraction of sp³-hybridized carbons (Fsp3) is 0.462. The second-order valence-corrected chi connectivity index (χ2v) is 3.84. The number of anilines is 1. The molecular weight excluding hydrogens is 200 g/mol. The van der Waals surface area contributed by atoms with E-state index in [1.54, 1.807) is 0 Å². The molecule has 16 heavy (non-hydrogen) atoms. The van der Waals surface area contributed by atoms with Crippen LogP contribution in [0.5, 0.6) is 0 Å². The van der Waals surface area contributed by atoms with Crippen LogP contribution in [0.25, 0.3) is 0 Å². The molecule has 0 spiro atoms. The van der Waals surface area contributed by atoms with Crippen molar-refractivity contribution >= 4 is 11.6 Å². The van der Waals surface area contributed by atoms with E-state index in [0.717, 1.165) is 30.6 Å². The van der Waals surface area contributed by atoms with E-state index in [4.69, 9.17) is 0 Å². The molecule has 88 valence electrons. The van der Waals surface area contributed by atoms with Gasteiger partial charge in [0.1, 0.15) is 0 Å². The van der Waals surface area contributed by atoms with Gasteiger partial charge in [0.25, 0.3) is 0 Å². The number of rotatable bonds is 6. The number of nitrogens with one attached hydrogen (secondary N) is 2. The van der Waals surface area contributed by atoms with E-state index >= 15 is 0 Å². The molecule has 0 fully saturated rings. The van der Waals surface area contributed by atoms with Crippen LogP contribution in [0.4, 0.5) is 5.69 Å². The van der Waals surface area contributed by atoms with Crippen LogP contribution in [0.15, 0.2) is 24.3 Å². The van der Waals surface area contributed by atoms with Crippen LogP contribution in [0.1, 0.15) is 31.7 Å². The molecule has 0 heterocycles. The first-order chi connectivity index (χ1) is 7.77. The molecule has 1 amide bonds. The Morgan fingerprint density at radius 1 is 1.31 bits per heavy atom. The minimum atomic E-state index is 0.102. The van der Waals surface area contributed by atoms with Crippen LogP contribution < -0.4 is 10.6 Å². The SMILES string of the molecule is CCCCC(=O)Nc1ccccc1CNC. The minimum absolute atomic E-state index is 0.102. The first-order valence-corrected chi connectivity index (χ1v) is 5.80. The summed E-state index contributed by atoms with van der Waals surface area (Å²) in [6.07, 6.45) is 2.59. The molecule has 0 aromatic heterocycles. The maximum absolute atomic E-state index is 11.6. The maximum atomic E-state index is 11.6. The lowest BCUT2D eigenvalue weighted by Crippen LogP contribution is -2.14. The largest absolute Gasteiger partial charge is 0.326 e. The predicted molar refractivity (Wildman–Crippen MR) is 67.4 cm³/mol. The Morgan fingerprint density at radius 3 is 2.75 bits per heavy atom. The van der Waals surface area contributed by atoms with Crippen LogP contribution >= 0.6 is 0 Å². The summed E-state index contributed by atoms with van der Waals surface area (Å²) in [5.41, 5.74) is 2.04. The first kappa shape index (κ1) is 12.7. The van der Waals surface area contributed by atoms with Crippen molar-refractivity contribution in [2.45, 2.75) is 32.7 Å². The summed E-state index contributed by atoms with van der Waals surface area (Å²) in [6.45, 7) is 2.85. The average molecular weight is 220 g/mol. The van der Waals surface area contributed by atoms with Crippen LogP contribution in [-0.4, -0.2) is 13.0 Å². The highest BCUT2D eigenvalue weighted by Gasteiger charge is 2.04. The summed E-state index contributed by atoms with van der Waals surface area (Å²) >= 11 is 0. The van der Waals surface area contributed by atoms with Crippen molar-refractivity contribution in [2.24, 2.45) is 0 Å². The number of carbonyl (C=O) groups is 1. The van der Waals surface area contributed by atoms with Crippen molar-refractivity contribution in [2.75, 3.05) is 12.4 Å². The van der Waals surface area contributed by atoms with E-state index in [1.165, 1.54) is 0 Å². The average Bonchev–Trinajstić information content (AvgIpc) is 2.29. The van der Waals surface area contributed by atoms with Gasteiger partial charge in [0, 0.05) is 18.7 Å². The smallest absolute Gasteiger partial charge is 0.224 e. The number of unbranched alkanes of at least 4 members (excludes halogenated alkanes) is 1. The lowest BCUT2D eigenvalue weighted by molar-refractivity contribution is -0.116. The zero-order valence-corrected chi connectivity index (χ0v) is 10.0. The maximum Gasteiger partial charge on any atom is 0.224 e. The van der Waals surface area contributed by atoms with Gasteiger partial charge in [-0.3, -0.25) is 4.79 Å². The molecule has 0 aliphatic carbocycles. The summed E-state index contributed by atoms with van der Waals surface area (Å²) in [7, 11) is 1.90. The predicted octanol–water partition coefficient (Wildman–Crippen LogP) is 2.53. The molecule has 0 unspecified atom stereocenters. The van der Waals surface area contributed by atoms with E-state index in [2.05, 4.69) is 17.6 Å². The van der Waals surface area contributed by atoms with Crippen molar-refractivity contribution in [1.29, 1.82) is 0 Å². The Morgan fingerprint density at radius 2 is 2.06 bits per heavy atom. The fourth-order valence-corrected chi connectivity index (χ4v) is 1.54. The van der Waals surface area contributed by atoms with Crippen LogP contribution in [0.3, 0.4) is 0 Å². The van der Waals surface area contributed by atoms with E-state index in [1.807, 2.05) is 31.3 Å². The topological polar surface area (TPSA) is 41.1 Å². The third-order valence-corrected chi connectivity index (χ3v) is 2.42. The summed E-state index contributed by atoms with van der Waals surface area (Å²) in [4.78, 5) is 11.6. The standard InChI is InChI=1S/C13H20N2O/c1-3-4-9-13(16)15-12-8-6-5-7-11(12)10-14-2/h5-8,14H,3-4,9-10H2,1-2H3,(H,15,16). The van der Waals surface area contributed by atoms with Gasteiger partial charge in [-0.1, -0.05) is 31.5 Å². The van der Waals surface area contributed by atoms with Gasteiger partial charge >= 0.3 is 0 Å². The number of hydrogen-bond donors (Lipinski definition) is 2. The van der Waals surface area contributed by atoms with Crippen molar-refractivity contribution in [3.05, 3.63) is 29.8 Å². The van der Waals surface area contributed by atoms with Gasteiger partial charge in [-0.2, -0.15) is 0 Å². The van der Waals surface area contributed by atoms with E-state index in [9.17, 15) is 4.79 Å². The molecule has 1 aromatic carbocycles. The van der Waals surface area contributed by atoms with Crippen molar-refractivity contribution in [1.82, 2.24) is 5.32 Å². The quantitative estimate of drug-likeness (QED) is 0.773. The summed E-state index contributed by atoms with van der Waals surface area (Å²) in [6, 6.07) is 7.88. The van der Waals surface area contributed by atoms with Crippen molar-refractivity contribution in [3.63, 3.8) is 0 Å². The zero-order valence-electron chi connectivity index (χ0n) is 10.0. The van der Waals surface area contributed by atoms with Gasteiger partial charge in [0.2, 0.25) is 5.91 Å². The third kappa shape index (κ3) is 4.03. The Bertz CT molecular complexity index is 336. The van der Waals surface area contributed by atoms with E-state index in [-0.39, 0.29) is 5.91 Å². The molecule has 1 rings (SSSR count). The van der Waals surface area contributed by atoms with Gasteiger partial charge in [0.15, 0.2) is 0 Å². The minimum Gasteiger partial charge on any atom is -0.326 e. The Labute approximate surface area is 97.2 Å². The lowest BCUT2D eigenvalue weighted by atomic mass is 10.1. The van der Waals surface area contributed by atoms with Gasteiger partial charge in [0.05, 0.1) is 0 Å². The highest BCUT2D eigenvalue weighted by molar-refractivity contribution is 5.91. The second-order valence-electron chi connectivity index (χ2n) is 3.84. The number of carbonyl (C=O) groups excluding carboxylic acids is 1. The van der Waals surface area contributed by atoms with Crippen molar-refractivity contribution < 1.29 is 4.79 Å². The molecule has 0 bridgehead atoms. The molecule has 0 saturated heterocycles. The molecule has 1 aromatic rings. The molecular formula is C13H20N2O. The molecule has 3 heteroatoms. The van der Waals surface area contributed by atoms with Gasteiger partial charge in [-0.05, 0) is 25.1 Å². The summed E-state index contributed by atoms with van der Waals surface area (Å²) < 4.78 is 0. The number of benzene rings is 1. The highest BCUT2D eigenvalue weighted by atomic mass is 16.1. The summed E-state index contributed by atoms with van der Waals surface area (Å²) in [5, 5.41) is 6.04. The molecule has 0 atom stereocenters. The number of para-hydroxylation sites is 1. The van der Waals surface area contributed by atoms with E-state index < -0.39 is 0 Å². The molecule has 0 radical (unpaired) electrons. The first-order valence-electron chi connectivity index (χ1n) is 5.80. The van der Waals surface area contributed by atoms with Crippen molar-refractivity contribution in [3.8, 4) is 0 Å². The molecule has 0 saturated carbocycles. The van der Waals surface area contributed by atoms with Gasteiger partial charge in [-0.25, -0.2) is 0 Å². The normalized spacial score (nSPS) is 10.1. The number of amides is 1. The van der Waals surface area contributed by atoms with Gasteiger partial charge in [-0.15, -0.1) is 0 Å². The Hall–Kier alpha value is -1.35. The second kappa shape index (κ2) is 7.01. The molecule has 3 nitrogen and oxygen atoms in total. The van der Waals surface area contributed by atoms with Crippen LogP contribution in [0, 0.1) is 0 Å². The molecule has 0 aliphatic rings. The Balaban J connectivity index is 2.61. The molecule has 2 N–H and O–H groups in total.